The van der Waals surface area contributed by atoms with Gasteiger partial charge in [0.05, 0.1) is 11.3 Å². The van der Waals surface area contributed by atoms with Gasteiger partial charge in [0.2, 0.25) is 0 Å². The molecule has 0 amide bonds. The third-order valence-corrected chi connectivity index (χ3v) is 3.15. The summed E-state index contributed by atoms with van der Waals surface area (Å²) in [4.78, 5) is 11.6. The lowest BCUT2D eigenvalue weighted by Crippen LogP contribution is -2.16. The van der Waals surface area contributed by atoms with E-state index in [2.05, 4.69) is 0 Å². The third kappa shape index (κ3) is 2.09. The van der Waals surface area contributed by atoms with Crippen LogP contribution in [-0.4, -0.2) is 30.5 Å². The average molecular weight is 240 g/mol. The van der Waals surface area contributed by atoms with Gasteiger partial charge < -0.3 is 14.6 Å². The van der Waals surface area contributed by atoms with Crippen LogP contribution in [0.1, 0.15) is 5.56 Å². The van der Waals surface area contributed by atoms with Crippen LogP contribution in [0.4, 0.5) is 0 Å². The number of aliphatic carboxylic acids is 1. The van der Waals surface area contributed by atoms with E-state index < -0.39 is 5.97 Å². The Morgan fingerprint density at radius 1 is 1.44 bits per heavy atom. The molecule has 86 valence electrons. The van der Waals surface area contributed by atoms with Crippen molar-refractivity contribution in [2.45, 2.75) is 11.3 Å². The van der Waals surface area contributed by atoms with Gasteiger partial charge in [-0.15, -0.1) is 11.8 Å². The minimum atomic E-state index is -0.841. The molecule has 1 heterocycles. The highest BCUT2D eigenvalue weighted by molar-refractivity contribution is 7.98. The van der Waals surface area contributed by atoms with E-state index in [9.17, 15) is 4.79 Å². The Hall–Kier alpha value is -1.36. The number of rotatable bonds is 3. The standard InChI is InChI=1S/C11H12O4S/c1-16-11-7(6-9(12)13)2-3-8-10(11)15-5-4-14-8/h2-3H,4-6H2,1H3,(H,12,13). The fraction of sp³-hybridized carbons (Fsp3) is 0.364. The maximum Gasteiger partial charge on any atom is 0.307 e. The van der Waals surface area contributed by atoms with Crippen LogP contribution in [0.15, 0.2) is 17.0 Å². The van der Waals surface area contributed by atoms with Crippen LogP contribution in [0.3, 0.4) is 0 Å². The zero-order valence-corrected chi connectivity index (χ0v) is 9.67. The monoisotopic (exact) mass is 240 g/mol. The minimum absolute atomic E-state index is 0.00676. The molecule has 0 spiro atoms. The molecule has 1 aromatic rings. The van der Waals surface area contributed by atoms with Crippen molar-refractivity contribution in [3.05, 3.63) is 17.7 Å². The van der Waals surface area contributed by atoms with E-state index in [0.717, 1.165) is 10.5 Å². The van der Waals surface area contributed by atoms with E-state index in [1.165, 1.54) is 11.8 Å². The van der Waals surface area contributed by atoms with E-state index in [-0.39, 0.29) is 6.42 Å². The summed E-state index contributed by atoms with van der Waals surface area (Å²) in [6, 6.07) is 3.56. The number of fused-ring (bicyclic) bond motifs is 1. The molecule has 1 N–H and O–H groups in total. The van der Waals surface area contributed by atoms with E-state index in [4.69, 9.17) is 14.6 Å². The van der Waals surface area contributed by atoms with Crippen LogP contribution >= 0.6 is 11.8 Å². The van der Waals surface area contributed by atoms with Crippen LogP contribution < -0.4 is 9.47 Å². The Balaban J connectivity index is 2.43. The summed E-state index contributed by atoms with van der Waals surface area (Å²) in [5, 5.41) is 8.81. The predicted octanol–water partition coefficient (Wildman–Crippen LogP) is 1.81. The summed E-state index contributed by atoms with van der Waals surface area (Å²) < 4.78 is 11.0. The SMILES string of the molecule is CSc1c(CC(=O)O)ccc2c1OCCO2. The van der Waals surface area contributed by atoms with Crippen molar-refractivity contribution in [1.82, 2.24) is 0 Å². The molecular formula is C11H12O4S. The molecule has 0 aromatic heterocycles. The molecule has 5 heteroatoms. The highest BCUT2D eigenvalue weighted by Gasteiger charge is 2.19. The number of benzene rings is 1. The molecule has 16 heavy (non-hydrogen) atoms. The van der Waals surface area contributed by atoms with Crippen LogP contribution in [0, 0.1) is 0 Å². The number of ether oxygens (including phenoxy) is 2. The smallest absolute Gasteiger partial charge is 0.307 e. The molecule has 1 aromatic carbocycles. The average Bonchev–Trinajstić information content (AvgIpc) is 2.28. The van der Waals surface area contributed by atoms with Gasteiger partial charge in [-0.05, 0) is 17.9 Å². The van der Waals surface area contributed by atoms with Crippen molar-refractivity contribution in [2.75, 3.05) is 19.5 Å². The summed E-state index contributed by atoms with van der Waals surface area (Å²) in [7, 11) is 0. The van der Waals surface area contributed by atoms with Gasteiger partial charge in [0.1, 0.15) is 13.2 Å². The van der Waals surface area contributed by atoms with E-state index >= 15 is 0 Å². The molecular weight excluding hydrogens is 228 g/mol. The molecule has 0 aliphatic carbocycles. The molecule has 0 saturated heterocycles. The number of hydrogen-bond acceptors (Lipinski definition) is 4. The molecule has 1 aliphatic rings. The number of carboxylic acids is 1. The predicted molar refractivity (Wildman–Crippen MR) is 60.6 cm³/mol. The van der Waals surface area contributed by atoms with Gasteiger partial charge >= 0.3 is 5.97 Å². The summed E-state index contributed by atoms with van der Waals surface area (Å²) in [6.45, 7) is 1.05. The second-order valence-electron chi connectivity index (χ2n) is 3.35. The number of carbonyl (C=O) groups is 1. The molecule has 0 saturated carbocycles. The number of thioether (sulfide) groups is 1. The van der Waals surface area contributed by atoms with Crippen molar-refractivity contribution in [1.29, 1.82) is 0 Å². The second kappa shape index (κ2) is 4.65. The third-order valence-electron chi connectivity index (χ3n) is 2.29. The van der Waals surface area contributed by atoms with Gasteiger partial charge in [-0.3, -0.25) is 4.79 Å². The first-order valence-electron chi connectivity index (χ1n) is 4.89. The van der Waals surface area contributed by atoms with Gasteiger partial charge in [-0.2, -0.15) is 0 Å². The normalized spacial score (nSPS) is 13.6. The first-order valence-corrected chi connectivity index (χ1v) is 6.12. The molecule has 0 fully saturated rings. The van der Waals surface area contributed by atoms with Crippen LogP contribution in [0.2, 0.25) is 0 Å². The summed E-state index contributed by atoms with van der Waals surface area (Å²) in [5.74, 6) is 0.536. The molecule has 2 rings (SSSR count). The molecule has 4 nitrogen and oxygen atoms in total. The van der Waals surface area contributed by atoms with E-state index in [1.54, 1.807) is 12.1 Å². The van der Waals surface area contributed by atoms with Crippen LogP contribution in [0.5, 0.6) is 11.5 Å². The lowest BCUT2D eigenvalue weighted by atomic mass is 10.1. The zero-order chi connectivity index (χ0) is 11.5. The van der Waals surface area contributed by atoms with Gasteiger partial charge in [0.15, 0.2) is 11.5 Å². The topological polar surface area (TPSA) is 55.8 Å². The summed E-state index contributed by atoms with van der Waals surface area (Å²) >= 11 is 1.48. The maximum atomic E-state index is 10.7. The number of carboxylic acid groups (broad SMARTS) is 1. The van der Waals surface area contributed by atoms with Crippen molar-refractivity contribution in [3.63, 3.8) is 0 Å². The Morgan fingerprint density at radius 2 is 2.19 bits per heavy atom. The zero-order valence-electron chi connectivity index (χ0n) is 8.86. The molecule has 0 unspecified atom stereocenters. The highest BCUT2D eigenvalue weighted by atomic mass is 32.2. The Morgan fingerprint density at radius 3 is 2.88 bits per heavy atom. The second-order valence-corrected chi connectivity index (χ2v) is 4.17. The van der Waals surface area contributed by atoms with Gasteiger partial charge in [-0.25, -0.2) is 0 Å². The fourth-order valence-electron chi connectivity index (χ4n) is 1.66. The summed E-state index contributed by atoms with van der Waals surface area (Å²) in [6.07, 6.45) is 1.91. The molecule has 0 bridgehead atoms. The van der Waals surface area contributed by atoms with Crippen LogP contribution in [-0.2, 0) is 11.2 Å². The van der Waals surface area contributed by atoms with Crippen molar-refractivity contribution < 1.29 is 19.4 Å². The molecule has 1 aliphatic heterocycles. The minimum Gasteiger partial charge on any atom is -0.486 e. The van der Waals surface area contributed by atoms with Crippen LogP contribution in [0.25, 0.3) is 0 Å². The molecule has 0 atom stereocenters. The summed E-state index contributed by atoms with van der Waals surface area (Å²) in [5.41, 5.74) is 0.768. The van der Waals surface area contributed by atoms with Crippen molar-refractivity contribution in [3.8, 4) is 11.5 Å². The number of hydrogen-bond donors (Lipinski definition) is 1. The van der Waals surface area contributed by atoms with Gasteiger partial charge in [-0.1, -0.05) is 6.07 Å². The van der Waals surface area contributed by atoms with Crippen molar-refractivity contribution >= 4 is 17.7 Å². The highest BCUT2D eigenvalue weighted by Crippen LogP contribution is 2.41. The Labute approximate surface area is 97.6 Å². The largest absolute Gasteiger partial charge is 0.486 e. The fourth-order valence-corrected chi connectivity index (χ4v) is 2.40. The van der Waals surface area contributed by atoms with Gasteiger partial charge in [0, 0.05) is 0 Å². The van der Waals surface area contributed by atoms with Gasteiger partial charge in [0.25, 0.3) is 0 Å². The van der Waals surface area contributed by atoms with E-state index in [0.29, 0.717) is 24.7 Å². The first-order chi connectivity index (χ1) is 7.72. The Kier molecular flexibility index (Phi) is 3.24. The quantitative estimate of drug-likeness (QED) is 0.816. The first kappa shape index (κ1) is 11.1. The maximum absolute atomic E-state index is 10.7. The lowest BCUT2D eigenvalue weighted by Gasteiger charge is -2.21. The van der Waals surface area contributed by atoms with E-state index in [1.807, 2.05) is 6.26 Å². The lowest BCUT2D eigenvalue weighted by molar-refractivity contribution is -0.136. The Bertz CT molecular complexity index is 417. The van der Waals surface area contributed by atoms with Crippen molar-refractivity contribution in [2.24, 2.45) is 0 Å². The molecule has 0 radical (unpaired) electrons.